The van der Waals surface area contributed by atoms with Crippen LogP contribution in [0.15, 0.2) is 21.9 Å². The van der Waals surface area contributed by atoms with Crippen LogP contribution in [0.25, 0.3) is 11.0 Å². The van der Waals surface area contributed by atoms with Gasteiger partial charge in [0, 0.05) is 26.3 Å². The summed E-state index contributed by atoms with van der Waals surface area (Å²) in [4.78, 5) is 32.1. The van der Waals surface area contributed by atoms with E-state index in [1.54, 1.807) is 19.3 Å². The Morgan fingerprint density at radius 3 is 2.64 bits per heavy atom. The van der Waals surface area contributed by atoms with Crippen LogP contribution < -0.4 is 16.0 Å². The Balaban J connectivity index is 2.00. The summed E-state index contributed by atoms with van der Waals surface area (Å²) in [6.07, 6.45) is 6.05. The number of pyridine rings is 1. The van der Waals surface area contributed by atoms with E-state index in [1.165, 1.54) is 28.4 Å². The van der Waals surface area contributed by atoms with E-state index in [4.69, 9.17) is 4.74 Å². The maximum atomic E-state index is 13.0. The van der Waals surface area contributed by atoms with Crippen molar-refractivity contribution in [3.63, 3.8) is 0 Å². The zero-order valence-corrected chi connectivity index (χ0v) is 15.0. The number of hydrogen-bond acceptors (Lipinski definition) is 5. The SMILES string of the molecule is CCCOc1ccnc2c1c(=O)n(CCN1CCCCC1)c(=O)n2C. The third-order valence-corrected chi connectivity index (χ3v) is 4.74. The lowest BCUT2D eigenvalue weighted by molar-refractivity contribution is 0.218. The molecule has 0 spiro atoms. The first-order valence-corrected chi connectivity index (χ1v) is 9.07. The lowest BCUT2D eigenvalue weighted by Crippen LogP contribution is -2.43. The van der Waals surface area contributed by atoms with E-state index in [9.17, 15) is 9.59 Å². The molecule has 3 rings (SSSR count). The van der Waals surface area contributed by atoms with Gasteiger partial charge >= 0.3 is 5.69 Å². The molecule has 0 N–H and O–H groups in total. The van der Waals surface area contributed by atoms with E-state index >= 15 is 0 Å². The fraction of sp³-hybridized carbons (Fsp3) is 0.611. The number of fused-ring (bicyclic) bond motifs is 1. The van der Waals surface area contributed by atoms with Crippen molar-refractivity contribution in [1.29, 1.82) is 0 Å². The van der Waals surface area contributed by atoms with Gasteiger partial charge in [0.1, 0.15) is 11.1 Å². The van der Waals surface area contributed by atoms with Crippen LogP contribution in [0.2, 0.25) is 0 Å². The number of likely N-dealkylation sites (tertiary alicyclic amines) is 1. The molecule has 2 aromatic heterocycles. The minimum absolute atomic E-state index is 0.311. The van der Waals surface area contributed by atoms with E-state index in [0.29, 0.717) is 36.5 Å². The minimum atomic E-state index is -0.324. The lowest BCUT2D eigenvalue weighted by Gasteiger charge is -2.26. The molecule has 7 nitrogen and oxygen atoms in total. The summed E-state index contributed by atoms with van der Waals surface area (Å²) in [6, 6.07) is 1.69. The third-order valence-electron chi connectivity index (χ3n) is 4.74. The highest BCUT2D eigenvalue weighted by atomic mass is 16.5. The van der Waals surface area contributed by atoms with E-state index in [1.807, 2.05) is 6.92 Å². The lowest BCUT2D eigenvalue weighted by atomic mass is 10.1. The van der Waals surface area contributed by atoms with Crippen molar-refractivity contribution in [2.75, 3.05) is 26.2 Å². The van der Waals surface area contributed by atoms with Crippen molar-refractivity contribution in [2.45, 2.75) is 39.2 Å². The quantitative estimate of drug-likeness (QED) is 0.790. The monoisotopic (exact) mass is 346 g/mol. The molecule has 0 amide bonds. The number of piperidine rings is 1. The van der Waals surface area contributed by atoms with Crippen LogP contribution in [-0.4, -0.2) is 45.3 Å². The minimum Gasteiger partial charge on any atom is -0.493 e. The summed E-state index contributed by atoms with van der Waals surface area (Å²) in [7, 11) is 1.65. The zero-order valence-electron chi connectivity index (χ0n) is 15.0. The average Bonchev–Trinajstić information content (AvgIpc) is 2.65. The molecule has 0 atom stereocenters. The van der Waals surface area contributed by atoms with Gasteiger partial charge in [0.2, 0.25) is 0 Å². The van der Waals surface area contributed by atoms with Gasteiger partial charge in [0.15, 0.2) is 5.65 Å². The van der Waals surface area contributed by atoms with Gasteiger partial charge in [-0.2, -0.15) is 0 Å². The molecule has 1 fully saturated rings. The normalized spacial score (nSPS) is 15.6. The maximum absolute atomic E-state index is 13.0. The molecule has 0 unspecified atom stereocenters. The Kier molecular flexibility index (Phi) is 5.53. The van der Waals surface area contributed by atoms with Crippen LogP contribution in [0.1, 0.15) is 32.6 Å². The Bertz CT molecular complexity index is 850. The molecule has 0 saturated carbocycles. The first kappa shape index (κ1) is 17.7. The second-order valence-corrected chi connectivity index (χ2v) is 6.56. The standard InChI is InChI=1S/C18H26N4O3/c1-3-13-25-14-7-8-19-16-15(14)17(23)22(18(24)20(16)2)12-11-21-9-5-4-6-10-21/h7-8H,3-6,9-13H2,1-2H3. The van der Waals surface area contributed by atoms with E-state index in [2.05, 4.69) is 9.88 Å². The Labute approximate surface area is 146 Å². The number of ether oxygens (including phenoxy) is 1. The summed E-state index contributed by atoms with van der Waals surface area (Å²) >= 11 is 0. The van der Waals surface area contributed by atoms with Crippen LogP contribution in [0, 0.1) is 0 Å². The summed E-state index contributed by atoms with van der Waals surface area (Å²) in [5.41, 5.74) is -0.262. The molecule has 3 heterocycles. The molecule has 1 saturated heterocycles. The van der Waals surface area contributed by atoms with Crippen LogP contribution >= 0.6 is 0 Å². The molecule has 1 aliphatic heterocycles. The molecule has 0 aliphatic carbocycles. The average molecular weight is 346 g/mol. The number of hydrogen-bond donors (Lipinski definition) is 0. The first-order chi connectivity index (χ1) is 12.1. The van der Waals surface area contributed by atoms with Crippen molar-refractivity contribution in [3.05, 3.63) is 33.1 Å². The molecule has 1 aliphatic rings. The van der Waals surface area contributed by atoms with Crippen molar-refractivity contribution in [1.82, 2.24) is 19.0 Å². The Hall–Kier alpha value is -2.15. The Morgan fingerprint density at radius 2 is 1.92 bits per heavy atom. The van der Waals surface area contributed by atoms with E-state index in [-0.39, 0.29) is 11.2 Å². The largest absolute Gasteiger partial charge is 0.493 e. The molecule has 136 valence electrons. The highest BCUT2D eigenvalue weighted by Crippen LogP contribution is 2.19. The zero-order chi connectivity index (χ0) is 17.8. The van der Waals surface area contributed by atoms with Crippen molar-refractivity contribution < 1.29 is 4.74 Å². The van der Waals surface area contributed by atoms with Crippen molar-refractivity contribution in [3.8, 4) is 5.75 Å². The van der Waals surface area contributed by atoms with Crippen LogP contribution in [0.3, 0.4) is 0 Å². The van der Waals surface area contributed by atoms with Crippen LogP contribution in [0.5, 0.6) is 5.75 Å². The van der Waals surface area contributed by atoms with Gasteiger partial charge in [-0.15, -0.1) is 0 Å². The van der Waals surface area contributed by atoms with E-state index < -0.39 is 0 Å². The fourth-order valence-electron chi connectivity index (χ4n) is 3.34. The number of aromatic nitrogens is 3. The molecule has 0 bridgehead atoms. The number of aryl methyl sites for hydroxylation is 1. The number of rotatable bonds is 6. The van der Waals surface area contributed by atoms with Gasteiger partial charge < -0.3 is 9.64 Å². The summed E-state index contributed by atoms with van der Waals surface area (Å²) in [5.74, 6) is 0.499. The molecular weight excluding hydrogens is 320 g/mol. The van der Waals surface area contributed by atoms with E-state index in [0.717, 1.165) is 19.5 Å². The predicted molar refractivity (Wildman–Crippen MR) is 97.3 cm³/mol. The summed E-state index contributed by atoms with van der Waals surface area (Å²) in [6.45, 7) is 5.71. The predicted octanol–water partition coefficient (Wildman–Crippen LogP) is 1.37. The summed E-state index contributed by atoms with van der Waals surface area (Å²) < 4.78 is 8.47. The van der Waals surface area contributed by atoms with Crippen molar-refractivity contribution in [2.24, 2.45) is 7.05 Å². The second-order valence-electron chi connectivity index (χ2n) is 6.56. The molecular formula is C18H26N4O3. The number of nitrogens with zero attached hydrogens (tertiary/aromatic N) is 4. The summed E-state index contributed by atoms with van der Waals surface area (Å²) in [5, 5.41) is 0.386. The van der Waals surface area contributed by atoms with Gasteiger partial charge in [-0.3, -0.25) is 13.9 Å². The van der Waals surface area contributed by atoms with Gasteiger partial charge in [0.25, 0.3) is 5.56 Å². The topological polar surface area (TPSA) is 69.4 Å². The Morgan fingerprint density at radius 1 is 1.16 bits per heavy atom. The molecule has 7 heteroatoms. The van der Waals surface area contributed by atoms with Gasteiger partial charge in [-0.1, -0.05) is 13.3 Å². The molecule has 0 radical (unpaired) electrons. The van der Waals surface area contributed by atoms with Crippen molar-refractivity contribution >= 4 is 11.0 Å². The van der Waals surface area contributed by atoms with Gasteiger partial charge in [-0.25, -0.2) is 9.78 Å². The highest BCUT2D eigenvalue weighted by molar-refractivity contribution is 5.80. The van der Waals surface area contributed by atoms with Crippen LogP contribution in [-0.2, 0) is 13.6 Å². The molecule has 2 aromatic rings. The second kappa shape index (κ2) is 7.82. The first-order valence-electron chi connectivity index (χ1n) is 9.07. The van der Waals surface area contributed by atoms with Gasteiger partial charge in [0.05, 0.1) is 6.61 Å². The molecule has 0 aromatic carbocycles. The van der Waals surface area contributed by atoms with Gasteiger partial charge in [-0.05, 0) is 38.4 Å². The maximum Gasteiger partial charge on any atom is 0.332 e. The third kappa shape index (κ3) is 3.61. The smallest absolute Gasteiger partial charge is 0.332 e. The molecule has 25 heavy (non-hydrogen) atoms. The fourth-order valence-corrected chi connectivity index (χ4v) is 3.34. The van der Waals surface area contributed by atoms with Crippen LogP contribution in [0.4, 0.5) is 0 Å². The highest BCUT2D eigenvalue weighted by Gasteiger charge is 2.17.